The molecule has 0 aromatic heterocycles. The summed E-state index contributed by atoms with van der Waals surface area (Å²) in [6.45, 7) is 2.02. The van der Waals surface area contributed by atoms with E-state index in [2.05, 4.69) is 49.0 Å². The van der Waals surface area contributed by atoms with E-state index in [4.69, 9.17) is 10.7 Å². The van der Waals surface area contributed by atoms with E-state index >= 15 is 0 Å². The Bertz CT molecular complexity index is 684. The normalized spacial score (nSPS) is 16.5. The van der Waals surface area contributed by atoms with Gasteiger partial charge >= 0.3 is 0 Å². The standard InChI is InChI=1S/C16H17N3/c1-10-6-16-12(9-14(10)17)7-11-8-13(19(2)3)4-5-15(11)18-16/h4-6,8-9,17H,7H2,1-3H3/p+1. The Morgan fingerprint density at radius 2 is 2.00 bits per heavy atom. The van der Waals surface area contributed by atoms with Gasteiger partial charge in [-0.1, -0.05) is 0 Å². The zero-order valence-corrected chi connectivity index (χ0v) is 11.6. The second-order valence-electron chi connectivity index (χ2n) is 5.33. The van der Waals surface area contributed by atoms with Crippen molar-refractivity contribution in [2.24, 2.45) is 4.99 Å². The zero-order valence-electron chi connectivity index (χ0n) is 11.6. The Hall–Kier alpha value is -2.16. The molecular weight excluding hydrogens is 234 g/mol. The highest BCUT2D eigenvalue weighted by Gasteiger charge is 2.20. The summed E-state index contributed by atoms with van der Waals surface area (Å²) >= 11 is 0. The van der Waals surface area contributed by atoms with Gasteiger partial charge in [-0.05, 0) is 41.8 Å². The number of nitrogens with two attached hydrogens (primary N) is 1. The number of anilines is 1. The molecule has 0 bridgehead atoms. The molecule has 1 aromatic rings. The number of hydrogen-bond donors (Lipinski definition) is 1. The highest BCUT2D eigenvalue weighted by atomic mass is 14.9. The smallest absolute Gasteiger partial charge is 0.199 e. The molecule has 3 nitrogen and oxygen atoms in total. The minimum atomic E-state index is 0.848. The average Bonchev–Trinajstić information content (AvgIpc) is 2.37. The lowest BCUT2D eigenvalue weighted by Gasteiger charge is -2.20. The molecule has 1 heterocycles. The van der Waals surface area contributed by atoms with E-state index in [1.807, 2.05) is 6.92 Å². The molecule has 96 valence electrons. The van der Waals surface area contributed by atoms with Crippen molar-refractivity contribution >= 4 is 22.8 Å². The topological polar surface area (TPSA) is 41.4 Å². The van der Waals surface area contributed by atoms with Crippen LogP contribution in [0.4, 0.5) is 11.4 Å². The number of allylic oxidation sites excluding steroid dienone is 4. The lowest BCUT2D eigenvalue weighted by molar-refractivity contribution is -0.462. The maximum absolute atomic E-state index is 5.99. The van der Waals surface area contributed by atoms with Crippen molar-refractivity contribution in [3.05, 3.63) is 47.1 Å². The fourth-order valence-corrected chi connectivity index (χ4v) is 2.44. The van der Waals surface area contributed by atoms with Gasteiger partial charge in [0.25, 0.3) is 0 Å². The molecule has 0 amide bonds. The second kappa shape index (κ2) is 4.19. The molecule has 19 heavy (non-hydrogen) atoms. The number of aryl methyl sites for hydroxylation is 1. The highest BCUT2D eigenvalue weighted by molar-refractivity contribution is 6.21. The van der Waals surface area contributed by atoms with Gasteiger partial charge in [0.1, 0.15) is 14.1 Å². The number of rotatable bonds is 0. The number of aliphatic imine (C=N–C) groups is 1. The Morgan fingerprint density at radius 3 is 2.74 bits per heavy atom. The van der Waals surface area contributed by atoms with E-state index in [1.54, 1.807) is 0 Å². The van der Waals surface area contributed by atoms with Gasteiger partial charge in [-0.2, -0.15) is 0 Å². The van der Waals surface area contributed by atoms with Gasteiger partial charge < -0.3 is 5.73 Å². The van der Waals surface area contributed by atoms with Crippen molar-refractivity contribution in [3.63, 3.8) is 0 Å². The summed E-state index contributed by atoms with van der Waals surface area (Å²) < 4.78 is 2.11. The van der Waals surface area contributed by atoms with Crippen molar-refractivity contribution < 1.29 is 4.58 Å². The third kappa shape index (κ3) is 2.01. The first kappa shape index (κ1) is 11.9. The van der Waals surface area contributed by atoms with Gasteiger partial charge in [-0.25, -0.2) is 9.57 Å². The Labute approximate surface area is 113 Å². The second-order valence-corrected chi connectivity index (χ2v) is 5.33. The molecule has 1 aliphatic carbocycles. The van der Waals surface area contributed by atoms with Crippen LogP contribution in [0.15, 0.2) is 40.9 Å². The molecule has 0 saturated carbocycles. The van der Waals surface area contributed by atoms with Gasteiger partial charge in [-0.3, -0.25) is 0 Å². The van der Waals surface area contributed by atoms with E-state index in [0.29, 0.717) is 0 Å². The van der Waals surface area contributed by atoms with Gasteiger partial charge in [0.05, 0.1) is 11.4 Å². The summed E-state index contributed by atoms with van der Waals surface area (Å²) in [5.41, 5.74) is 13.7. The molecule has 1 aliphatic heterocycles. The van der Waals surface area contributed by atoms with Crippen molar-refractivity contribution in [1.29, 1.82) is 0 Å². The largest absolute Gasteiger partial charge is 0.399 e. The molecule has 0 spiro atoms. The van der Waals surface area contributed by atoms with E-state index in [9.17, 15) is 0 Å². The first-order valence-electron chi connectivity index (χ1n) is 6.45. The van der Waals surface area contributed by atoms with Crippen LogP contribution < -0.4 is 5.73 Å². The SMILES string of the molecule is Cc1cc2c(cc1N)CC1=CC(=[N+](C)C)C=CC1=N2. The van der Waals surface area contributed by atoms with E-state index < -0.39 is 0 Å². The van der Waals surface area contributed by atoms with Crippen LogP contribution in [0.25, 0.3) is 0 Å². The average molecular weight is 252 g/mol. The molecule has 0 unspecified atom stereocenters. The Morgan fingerprint density at radius 1 is 1.21 bits per heavy atom. The fourth-order valence-electron chi connectivity index (χ4n) is 2.44. The zero-order chi connectivity index (χ0) is 13.6. The molecule has 0 saturated heterocycles. The quantitative estimate of drug-likeness (QED) is 0.430. The summed E-state index contributed by atoms with van der Waals surface area (Å²) in [6, 6.07) is 4.13. The van der Waals surface area contributed by atoms with Crippen LogP contribution in [0.5, 0.6) is 0 Å². The third-order valence-electron chi connectivity index (χ3n) is 3.67. The first-order valence-corrected chi connectivity index (χ1v) is 6.45. The van der Waals surface area contributed by atoms with Crippen LogP contribution in [0, 0.1) is 6.92 Å². The Balaban J connectivity index is 2.12. The predicted octanol–water partition coefficient (Wildman–Crippen LogP) is 2.42. The number of fused-ring (bicyclic) bond motifs is 2. The molecule has 2 aliphatic rings. The predicted molar refractivity (Wildman–Crippen MR) is 80.7 cm³/mol. The third-order valence-corrected chi connectivity index (χ3v) is 3.67. The van der Waals surface area contributed by atoms with Crippen molar-refractivity contribution in [2.75, 3.05) is 19.8 Å². The van der Waals surface area contributed by atoms with Gasteiger partial charge in [0.2, 0.25) is 0 Å². The van der Waals surface area contributed by atoms with Crippen LogP contribution in [0.3, 0.4) is 0 Å². The lowest BCUT2D eigenvalue weighted by Crippen LogP contribution is -2.18. The van der Waals surface area contributed by atoms with Crippen molar-refractivity contribution in [3.8, 4) is 0 Å². The number of nitrogen functional groups attached to an aromatic ring is 1. The molecule has 0 radical (unpaired) electrons. The molecule has 0 fully saturated rings. The molecule has 0 atom stereocenters. The maximum atomic E-state index is 5.99. The summed E-state index contributed by atoms with van der Waals surface area (Å²) in [7, 11) is 4.11. The molecule has 3 heteroatoms. The number of hydrogen-bond acceptors (Lipinski definition) is 2. The monoisotopic (exact) mass is 252 g/mol. The van der Waals surface area contributed by atoms with E-state index in [0.717, 1.165) is 29.1 Å². The fraction of sp³-hybridized carbons (Fsp3) is 0.250. The molecular formula is C16H18N3+. The highest BCUT2D eigenvalue weighted by Crippen LogP contribution is 2.33. The van der Waals surface area contributed by atoms with Crippen molar-refractivity contribution in [2.45, 2.75) is 13.3 Å². The van der Waals surface area contributed by atoms with Crippen LogP contribution in [-0.2, 0) is 6.42 Å². The van der Waals surface area contributed by atoms with E-state index in [1.165, 1.54) is 16.8 Å². The number of benzene rings is 1. The summed E-state index contributed by atoms with van der Waals surface area (Å²) in [4.78, 5) is 4.74. The summed E-state index contributed by atoms with van der Waals surface area (Å²) in [6.07, 6.45) is 7.31. The van der Waals surface area contributed by atoms with Crippen LogP contribution in [-0.4, -0.2) is 30.1 Å². The summed E-state index contributed by atoms with van der Waals surface area (Å²) in [5.74, 6) is 0. The van der Waals surface area contributed by atoms with Crippen molar-refractivity contribution in [1.82, 2.24) is 0 Å². The van der Waals surface area contributed by atoms with Gasteiger partial charge in [-0.15, -0.1) is 0 Å². The van der Waals surface area contributed by atoms with Gasteiger partial charge in [0, 0.05) is 24.3 Å². The number of nitrogens with zero attached hydrogens (tertiary/aromatic N) is 2. The maximum Gasteiger partial charge on any atom is 0.199 e. The lowest BCUT2D eigenvalue weighted by atomic mass is 9.91. The van der Waals surface area contributed by atoms with E-state index in [-0.39, 0.29) is 0 Å². The van der Waals surface area contributed by atoms with Gasteiger partial charge in [0.15, 0.2) is 5.71 Å². The van der Waals surface area contributed by atoms with Crippen LogP contribution in [0.1, 0.15) is 11.1 Å². The van der Waals surface area contributed by atoms with Crippen LogP contribution >= 0.6 is 0 Å². The molecule has 1 aromatic carbocycles. The summed E-state index contributed by atoms with van der Waals surface area (Å²) in [5, 5.41) is 0. The first-order chi connectivity index (χ1) is 9.04. The Kier molecular flexibility index (Phi) is 2.63. The minimum Gasteiger partial charge on any atom is -0.399 e. The molecule has 3 rings (SSSR count). The van der Waals surface area contributed by atoms with Crippen LogP contribution in [0.2, 0.25) is 0 Å². The minimum absolute atomic E-state index is 0.848. The molecule has 2 N–H and O–H groups in total.